The van der Waals surface area contributed by atoms with Crippen molar-refractivity contribution < 1.29 is 4.92 Å². The van der Waals surface area contributed by atoms with Crippen molar-refractivity contribution in [1.82, 2.24) is 0 Å². The van der Waals surface area contributed by atoms with Gasteiger partial charge in [-0.05, 0) is 31.7 Å². The zero-order valence-corrected chi connectivity index (χ0v) is 11.0. The molecule has 102 valence electrons. The summed E-state index contributed by atoms with van der Waals surface area (Å²) in [4.78, 5) is 10.5. The molecule has 0 unspecified atom stereocenters. The minimum absolute atomic E-state index is 0.0673. The van der Waals surface area contributed by atoms with Crippen molar-refractivity contribution in [3.05, 3.63) is 34.4 Å². The molecule has 0 radical (unpaired) electrons. The highest BCUT2D eigenvalue weighted by atomic mass is 16.6. The number of benzene rings is 1. The molecule has 0 amide bonds. The zero-order chi connectivity index (χ0) is 13.5. The highest BCUT2D eigenvalue weighted by Crippen LogP contribution is 2.23. The van der Waals surface area contributed by atoms with Gasteiger partial charge in [0.25, 0.3) is 5.69 Å². The second-order valence-corrected chi connectivity index (χ2v) is 4.83. The molecular formula is C14H19N3O2. The summed E-state index contributed by atoms with van der Waals surface area (Å²) in [6.07, 6.45) is 8.13. The minimum Gasteiger partial charge on any atom is -0.272 e. The number of nitro benzene ring substituents is 1. The van der Waals surface area contributed by atoms with Crippen molar-refractivity contribution in [3.63, 3.8) is 0 Å². The first-order valence-corrected chi connectivity index (χ1v) is 6.82. The molecule has 1 aliphatic carbocycles. The van der Waals surface area contributed by atoms with E-state index < -0.39 is 0 Å². The molecule has 1 N–H and O–H groups in total. The molecule has 0 spiro atoms. The van der Waals surface area contributed by atoms with E-state index in [2.05, 4.69) is 10.5 Å². The van der Waals surface area contributed by atoms with E-state index in [1.807, 2.05) is 0 Å². The maximum absolute atomic E-state index is 10.9. The summed E-state index contributed by atoms with van der Waals surface area (Å²) < 4.78 is 0. The van der Waals surface area contributed by atoms with Crippen molar-refractivity contribution in [2.24, 2.45) is 5.10 Å². The third-order valence-electron chi connectivity index (χ3n) is 3.37. The Morgan fingerprint density at radius 3 is 2.37 bits per heavy atom. The highest BCUT2D eigenvalue weighted by Gasteiger charge is 2.12. The van der Waals surface area contributed by atoms with E-state index in [9.17, 15) is 10.1 Å². The summed E-state index contributed by atoms with van der Waals surface area (Å²) in [6.45, 7) is 0. The largest absolute Gasteiger partial charge is 0.294 e. The predicted molar refractivity (Wildman–Crippen MR) is 76.5 cm³/mol. The molecule has 5 heteroatoms. The van der Waals surface area contributed by atoms with Gasteiger partial charge in [-0.2, -0.15) is 5.10 Å². The van der Waals surface area contributed by atoms with Gasteiger partial charge in [0, 0.05) is 11.8 Å². The summed E-state index contributed by atoms with van der Waals surface area (Å²) in [5, 5.41) is 15.3. The first-order valence-electron chi connectivity index (χ1n) is 6.82. The number of nitrogens with one attached hydrogen (secondary N) is 1. The van der Waals surface area contributed by atoms with Crippen LogP contribution >= 0.6 is 0 Å². The van der Waals surface area contributed by atoms with Crippen LogP contribution in [-0.4, -0.2) is 10.6 Å². The molecule has 0 aromatic heterocycles. The Balaban J connectivity index is 2.05. The van der Waals surface area contributed by atoms with E-state index in [-0.39, 0.29) is 10.6 Å². The molecule has 0 heterocycles. The Morgan fingerprint density at radius 2 is 1.68 bits per heavy atom. The smallest absolute Gasteiger partial charge is 0.272 e. The molecule has 0 aliphatic heterocycles. The van der Waals surface area contributed by atoms with E-state index in [1.54, 1.807) is 18.2 Å². The maximum atomic E-state index is 10.9. The SMILES string of the molecule is O=[N+]([O-])c1ccccc1NN=C1CCCCCCC1. The lowest BCUT2D eigenvalue weighted by atomic mass is 9.99. The van der Waals surface area contributed by atoms with Crippen molar-refractivity contribution in [3.8, 4) is 0 Å². The second kappa shape index (κ2) is 6.87. The number of nitrogens with zero attached hydrogens (tertiary/aromatic N) is 2. The number of rotatable bonds is 3. The summed E-state index contributed by atoms with van der Waals surface area (Å²) >= 11 is 0. The highest BCUT2D eigenvalue weighted by molar-refractivity contribution is 5.85. The van der Waals surface area contributed by atoms with Crippen LogP contribution in [0.1, 0.15) is 44.9 Å². The van der Waals surface area contributed by atoms with E-state index >= 15 is 0 Å². The van der Waals surface area contributed by atoms with Crippen LogP contribution in [0.3, 0.4) is 0 Å². The summed E-state index contributed by atoms with van der Waals surface area (Å²) in [6, 6.07) is 6.60. The molecule has 0 atom stereocenters. The average molecular weight is 261 g/mol. The Morgan fingerprint density at radius 1 is 1.05 bits per heavy atom. The lowest BCUT2D eigenvalue weighted by Gasteiger charge is -2.11. The Kier molecular flexibility index (Phi) is 4.89. The van der Waals surface area contributed by atoms with Gasteiger partial charge in [-0.3, -0.25) is 15.5 Å². The van der Waals surface area contributed by atoms with Gasteiger partial charge in [-0.25, -0.2) is 0 Å². The van der Waals surface area contributed by atoms with Crippen LogP contribution in [0.2, 0.25) is 0 Å². The Hall–Kier alpha value is -1.91. The van der Waals surface area contributed by atoms with Crippen LogP contribution in [0.5, 0.6) is 0 Å². The molecule has 1 aliphatic rings. The van der Waals surface area contributed by atoms with Gasteiger partial charge in [0.15, 0.2) is 0 Å². The molecule has 1 saturated carbocycles. The number of hydrogen-bond donors (Lipinski definition) is 1. The van der Waals surface area contributed by atoms with Crippen molar-refractivity contribution in [1.29, 1.82) is 0 Å². The molecule has 1 aromatic rings. The quantitative estimate of drug-likeness (QED) is 0.657. The predicted octanol–water partition coefficient (Wildman–Crippen LogP) is 4.11. The van der Waals surface area contributed by atoms with Crippen molar-refractivity contribution >= 4 is 17.1 Å². The number of nitro groups is 1. The molecular weight excluding hydrogens is 242 g/mol. The summed E-state index contributed by atoms with van der Waals surface area (Å²) in [5.74, 6) is 0. The lowest BCUT2D eigenvalue weighted by Crippen LogP contribution is -2.06. The molecule has 2 rings (SSSR count). The number of para-hydroxylation sites is 2. The topological polar surface area (TPSA) is 67.5 Å². The van der Waals surface area contributed by atoms with Crippen molar-refractivity contribution in [2.45, 2.75) is 44.9 Å². The van der Waals surface area contributed by atoms with E-state index in [1.165, 1.54) is 25.3 Å². The van der Waals surface area contributed by atoms with Crippen LogP contribution in [0.4, 0.5) is 11.4 Å². The van der Waals surface area contributed by atoms with Gasteiger partial charge < -0.3 is 0 Å². The first kappa shape index (κ1) is 13.5. The third-order valence-corrected chi connectivity index (χ3v) is 3.37. The molecule has 0 bridgehead atoms. The van der Waals surface area contributed by atoms with Gasteiger partial charge in [-0.1, -0.05) is 31.4 Å². The van der Waals surface area contributed by atoms with Gasteiger partial charge in [0.2, 0.25) is 0 Å². The minimum atomic E-state index is -0.388. The zero-order valence-electron chi connectivity index (χ0n) is 11.0. The fourth-order valence-corrected chi connectivity index (χ4v) is 2.29. The Labute approximate surface area is 112 Å². The number of anilines is 1. The van der Waals surface area contributed by atoms with E-state index in [0.717, 1.165) is 31.4 Å². The molecule has 19 heavy (non-hydrogen) atoms. The van der Waals surface area contributed by atoms with Gasteiger partial charge >= 0.3 is 0 Å². The van der Waals surface area contributed by atoms with Crippen LogP contribution in [-0.2, 0) is 0 Å². The van der Waals surface area contributed by atoms with Crippen LogP contribution in [0, 0.1) is 10.1 Å². The molecule has 0 saturated heterocycles. The number of hydrogen-bond acceptors (Lipinski definition) is 4. The van der Waals surface area contributed by atoms with Crippen molar-refractivity contribution in [2.75, 3.05) is 5.43 Å². The second-order valence-electron chi connectivity index (χ2n) is 4.83. The average Bonchev–Trinajstić information content (AvgIpc) is 2.37. The van der Waals surface area contributed by atoms with Gasteiger partial charge in [0.05, 0.1) is 4.92 Å². The monoisotopic (exact) mass is 261 g/mol. The van der Waals surface area contributed by atoms with Crippen LogP contribution in [0.15, 0.2) is 29.4 Å². The fraction of sp³-hybridized carbons (Fsp3) is 0.500. The van der Waals surface area contributed by atoms with Gasteiger partial charge in [0.1, 0.15) is 5.69 Å². The molecule has 1 aromatic carbocycles. The summed E-state index contributed by atoms with van der Waals surface area (Å²) in [5.41, 5.74) is 4.51. The molecule has 1 fully saturated rings. The standard InChI is InChI=1S/C14H19N3O2/c18-17(19)14-11-7-6-10-13(14)16-15-12-8-4-2-1-3-5-9-12/h6-7,10-11,16H,1-5,8-9H2. The Bertz CT molecular complexity index is 462. The fourth-order valence-electron chi connectivity index (χ4n) is 2.29. The van der Waals surface area contributed by atoms with Crippen LogP contribution < -0.4 is 5.43 Å². The number of hydrazone groups is 1. The van der Waals surface area contributed by atoms with E-state index in [0.29, 0.717) is 5.69 Å². The van der Waals surface area contributed by atoms with Crippen LogP contribution in [0.25, 0.3) is 0 Å². The molecule has 5 nitrogen and oxygen atoms in total. The van der Waals surface area contributed by atoms with Gasteiger partial charge in [-0.15, -0.1) is 0 Å². The normalized spacial score (nSPS) is 16.3. The first-order chi connectivity index (χ1) is 9.27. The summed E-state index contributed by atoms with van der Waals surface area (Å²) in [7, 11) is 0. The maximum Gasteiger partial charge on any atom is 0.294 e. The third kappa shape index (κ3) is 4.05. The lowest BCUT2D eigenvalue weighted by molar-refractivity contribution is -0.384. The van der Waals surface area contributed by atoms with E-state index in [4.69, 9.17) is 0 Å².